The molecule has 4 nitrogen and oxygen atoms in total. The Morgan fingerprint density at radius 3 is 3.07 bits per heavy atom. The van der Waals surface area contributed by atoms with Crippen LogP contribution in [0.3, 0.4) is 0 Å². The lowest BCUT2D eigenvalue weighted by atomic mass is 10.3. The number of ether oxygens (including phenoxy) is 1. The van der Waals surface area contributed by atoms with Crippen LogP contribution in [-0.2, 0) is 9.53 Å². The largest absolute Gasteiger partial charge is 0.468 e. The van der Waals surface area contributed by atoms with Gasteiger partial charge in [0, 0.05) is 11.6 Å². The van der Waals surface area contributed by atoms with Gasteiger partial charge in [-0.3, -0.25) is 5.32 Å². The highest BCUT2D eigenvalue weighted by Gasteiger charge is 2.22. The lowest BCUT2D eigenvalue weighted by molar-refractivity contribution is -0.143. The second-order valence-electron chi connectivity index (χ2n) is 2.78. The summed E-state index contributed by atoms with van der Waals surface area (Å²) in [5.41, 5.74) is 0. The van der Waals surface area contributed by atoms with Crippen molar-refractivity contribution in [1.82, 2.24) is 10.3 Å². The molecular formula is C9H14N2O2S. The molecule has 1 unspecified atom stereocenters. The van der Waals surface area contributed by atoms with Crippen molar-refractivity contribution in [2.24, 2.45) is 0 Å². The zero-order valence-corrected chi connectivity index (χ0v) is 9.13. The second-order valence-corrected chi connectivity index (χ2v) is 3.71. The zero-order chi connectivity index (χ0) is 10.4. The van der Waals surface area contributed by atoms with Crippen LogP contribution in [0.5, 0.6) is 0 Å². The van der Waals surface area contributed by atoms with Crippen LogP contribution in [0.15, 0.2) is 11.6 Å². The molecular weight excluding hydrogens is 200 g/mol. The van der Waals surface area contributed by atoms with Crippen LogP contribution in [0.1, 0.15) is 24.4 Å². The van der Waals surface area contributed by atoms with Gasteiger partial charge < -0.3 is 4.74 Å². The molecule has 78 valence electrons. The van der Waals surface area contributed by atoms with E-state index in [0.717, 1.165) is 18.0 Å². The van der Waals surface area contributed by atoms with E-state index in [2.05, 4.69) is 10.3 Å². The molecule has 0 aromatic carbocycles. The maximum absolute atomic E-state index is 11.4. The minimum Gasteiger partial charge on any atom is -0.468 e. The summed E-state index contributed by atoms with van der Waals surface area (Å²) in [7, 11) is 1.39. The highest BCUT2D eigenvalue weighted by molar-refractivity contribution is 7.09. The number of carbonyl (C=O) groups excluding carboxylic acids is 1. The molecule has 1 rings (SSSR count). The molecule has 1 N–H and O–H groups in total. The van der Waals surface area contributed by atoms with Gasteiger partial charge in [-0.2, -0.15) is 0 Å². The number of esters is 1. The number of nitrogens with zero attached hydrogens (tertiary/aromatic N) is 1. The van der Waals surface area contributed by atoms with Gasteiger partial charge in [0.05, 0.1) is 7.11 Å². The molecule has 0 saturated carbocycles. The van der Waals surface area contributed by atoms with Crippen LogP contribution in [0.25, 0.3) is 0 Å². The van der Waals surface area contributed by atoms with Crippen molar-refractivity contribution >= 4 is 17.3 Å². The van der Waals surface area contributed by atoms with E-state index >= 15 is 0 Å². The number of hydrogen-bond acceptors (Lipinski definition) is 5. The van der Waals surface area contributed by atoms with Crippen LogP contribution in [0.4, 0.5) is 0 Å². The molecule has 14 heavy (non-hydrogen) atoms. The minimum absolute atomic E-state index is 0.284. The minimum atomic E-state index is -0.417. The smallest absolute Gasteiger partial charge is 0.330 e. The predicted molar refractivity (Wildman–Crippen MR) is 55.2 cm³/mol. The monoisotopic (exact) mass is 214 g/mol. The van der Waals surface area contributed by atoms with Crippen LogP contribution < -0.4 is 5.32 Å². The summed E-state index contributed by atoms with van der Waals surface area (Å²) in [4.78, 5) is 15.5. The third kappa shape index (κ3) is 2.78. The quantitative estimate of drug-likeness (QED) is 0.752. The van der Waals surface area contributed by atoms with Crippen molar-refractivity contribution in [3.63, 3.8) is 0 Å². The van der Waals surface area contributed by atoms with Gasteiger partial charge in [0.25, 0.3) is 0 Å². The van der Waals surface area contributed by atoms with E-state index in [1.165, 1.54) is 18.4 Å². The first-order valence-corrected chi connectivity index (χ1v) is 5.38. The van der Waals surface area contributed by atoms with Crippen LogP contribution in [-0.4, -0.2) is 24.6 Å². The summed E-state index contributed by atoms with van der Waals surface area (Å²) in [6, 6.07) is -0.417. The number of rotatable bonds is 5. The number of nitrogens with one attached hydrogen (secondary N) is 1. The number of thiazole rings is 1. The fourth-order valence-corrected chi connectivity index (χ4v) is 1.75. The highest BCUT2D eigenvalue weighted by Crippen LogP contribution is 2.16. The average Bonchev–Trinajstić information content (AvgIpc) is 2.71. The lowest BCUT2D eigenvalue weighted by Gasteiger charge is -2.12. The third-order valence-electron chi connectivity index (χ3n) is 1.73. The molecule has 1 aromatic heterocycles. The van der Waals surface area contributed by atoms with E-state index in [4.69, 9.17) is 4.74 Å². The van der Waals surface area contributed by atoms with Crippen molar-refractivity contribution in [2.75, 3.05) is 13.7 Å². The fourth-order valence-electron chi connectivity index (χ4n) is 1.06. The molecule has 0 spiro atoms. The Morgan fingerprint density at radius 1 is 1.79 bits per heavy atom. The van der Waals surface area contributed by atoms with E-state index < -0.39 is 6.04 Å². The van der Waals surface area contributed by atoms with Crippen LogP contribution in [0.2, 0.25) is 0 Å². The molecule has 0 saturated heterocycles. The summed E-state index contributed by atoms with van der Waals surface area (Å²) in [5, 5.41) is 5.70. The topological polar surface area (TPSA) is 51.2 Å². The summed E-state index contributed by atoms with van der Waals surface area (Å²) in [6.45, 7) is 2.82. The molecule has 0 amide bonds. The maximum atomic E-state index is 11.4. The SMILES string of the molecule is CCCNC(C(=O)OC)c1nccs1. The van der Waals surface area contributed by atoms with Gasteiger partial charge in [0.15, 0.2) is 6.04 Å². The summed E-state index contributed by atoms with van der Waals surface area (Å²) >= 11 is 1.45. The van der Waals surface area contributed by atoms with E-state index in [9.17, 15) is 4.79 Å². The third-order valence-corrected chi connectivity index (χ3v) is 2.57. The van der Waals surface area contributed by atoms with Crippen molar-refractivity contribution in [1.29, 1.82) is 0 Å². The average molecular weight is 214 g/mol. The molecule has 0 radical (unpaired) electrons. The van der Waals surface area contributed by atoms with Gasteiger partial charge >= 0.3 is 5.97 Å². The van der Waals surface area contributed by atoms with Gasteiger partial charge in [-0.1, -0.05) is 6.92 Å². The first-order chi connectivity index (χ1) is 6.79. The molecule has 1 aromatic rings. The van der Waals surface area contributed by atoms with Crippen molar-refractivity contribution in [3.8, 4) is 0 Å². The lowest BCUT2D eigenvalue weighted by Crippen LogP contribution is -2.30. The highest BCUT2D eigenvalue weighted by atomic mass is 32.1. The van der Waals surface area contributed by atoms with Crippen molar-refractivity contribution in [2.45, 2.75) is 19.4 Å². The molecule has 0 fully saturated rings. The Morgan fingerprint density at radius 2 is 2.57 bits per heavy atom. The normalized spacial score (nSPS) is 12.4. The number of methoxy groups -OCH3 is 1. The van der Waals surface area contributed by atoms with Gasteiger partial charge in [-0.05, 0) is 13.0 Å². The Bertz CT molecular complexity index is 274. The van der Waals surface area contributed by atoms with Crippen LogP contribution >= 0.6 is 11.3 Å². The Balaban J connectivity index is 2.67. The Hall–Kier alpha value is -0.940. The van der Waals surface area contributed by atoms with E-state index in [1.807, 2.05) is 12.3 Å². The second kappa shape index (κ2) is 5.72. The first-order valence-electron chi connectivity index (χ1n) is 4.50. The molecule has 1 atom stereocenters. The molecule has 0 aliphatic heterocycles. The Labute approximate surface area is 87.3 Å². The first kappa shape index (κ1) is 11.1. The van der Waals surface area contributed by atoms with Gasteiger partial charge in [0.1, 0.15) is 5.01 Å². The number of aromatic nitrogens is 1. The Kier molecular flexibility index (Phi) is 4.55. The van der Waals surface area contributed by atoms with E-state index in [1.54, 1.807) is 6.20 Å². The molecule has 0 aliphatic carbocycles. The van der Waals surface area contributed by atoms with Crippen molar-refractivity contribution in [3.05, 3.63) is 16.6 Å². The summed E-state index contributed by atoms with van der Waals surface area (Å²) in [6.07, 6.45) is 2.66. The summed E-state index contributed by atoms with van der Waals surface area (Å²) in [5.74, 6) is -0.284. The number of hydrogen-bond donors (Lipinski definition) is 1. The van der Waals surface area contributed by atoms with Gasteiger partial charge in [-0.15, -0.1) is 11.3 Å². The number of carbonyl (C=O) groups is 1. The van der Waals surface area contributed by atoms with Gasteiger partial charge in [-0.25, -0.2) is 9.78 Å². The standard InChI is InChI=1S/C9H14N2O2S/c1-3-4-10-7(9(12)13-2)8-11-5-6-14-8/h5-7,10H,3-4H2,1-2H3. The molecule has 0 bridgehead atoms. The van der Waals surface area contributed by atoms with E-state index in [-0.39, 0.29) is 5.97 Å². The van der Waals surface area contributed by atoms with E-state index in [0.29, 0.717) is 0 Å². The van der Waals surface area contributed by atoms with Crippen molar-refractivity contribution < 1.29 is 9.53 Å². The maximum Gasteiger partial charge on any atom is 0.330 e. The molecule has 0 aliphatic rings. The van der Waals surface area contributed by atoms with Crippen LogP contribution in [0, 0.1) is 0 Å². The zero-order valence-electron chi connectivity index (χ0n) is 8.32. The molecule has 1 heterocycles. The van der Waals surface area contributed by atoms with Gasteiger partial charge in [0.2, 0.25) is 0 Å². The summed E-state index contributed by atoms with van der Waals surface area (Å²) < 4.78 is 4.70. The molecule has 5 heteroatoms. The fraction of sp³-hybridized carbons (Fsp3) is 0.556. The predicted octanol–water partition coefficient (Wildman–Crippen LogP) is 1.36.